The number of anilines is 1. The number of benzene rings is 1. The molecule has 2 amide bonds. The van der Waals surface area contributed by atoms with E-state index in [9.17, 15) is 9.59 Å². The summed E-state index contributed by atoms with van der Waals surface area (Å²) in [5.74, 6) is 1.18. The second-order valence-electron chi connectivity index (χ2n) is 9.31. The molecule has 0 atom stereocenters. The van der Waals surface area contributed by atoms with Gasteiger partial charge < -0.3 is 15.2 Å². The Morgan fingerprint density at radius 1 is 0.969 bits per heavy atom. The highest BCUT2D eigenvalue weighted by Crippen LogP contribution is 2.40. The van der Waals surface area contributed by atoms with Gasteiger partial charge in [-0.1, -0.05) is 12.5 Å². The van der Waals surface area contributed by atoms with Crippen molar-refractivity contribution in [2.75, 3.05) is 5.32 Å². The fourth-order valence-corrected chi connectivity index (χ4v) is 4.50. The molecule has 2 N–H and O–H groups in total. The van der Waals surface area contributed by atoms with Crippen molar-refractivity contribution >= 4 is 28.7 Å². The van der Waals surface area contributed by atoms with Crippen LogP contribution in [0.5, 0.6) is 0 Å². The molecule has 1 aromatic carbocycles. The second kappa shape index (κ2) is 7.73. The van der Waals surface area contributed by atoms with E-state index in [0.29, 0.717) is 34.3 Å². The molecule has 0 bridgehead atoms. The molecule has 3 aliphatic rings. The van der Waals surface area contributed by atoms with Crippen LogP contribution < -0.4 is 10.6 Å². The van der Waals surface area contributed by atoms with Crippen LogP contribution in [0.4, 0.5) is 5.69 Å². The van der Waals surface area contributed by atoms with Gasteiger partial charge >= 0.3 is 0 Å². The van der Waals surface area contributed by atoms with Crippen LogP contribution in [-0.2, 0) is 13.0 Å². The monoisotopic (exact) mass is 429 g/mol. The molecule has 1 aliphatic heterocycles. The van der Waals surface area contributed by atoms with Gasteiger partial charge in [0.1, 0.15) is 11.3 Å². The lowest BCUT2D eigenvalue weighted by molar-refractivity contribution is 0.0949. The summed E-state index contributed by atoms with van der Waals surface area (Å²) in [6, 6.07) is 9.34. The van der Waals surface area contributed by atoms with Gasteiger partial charge in [-0.05, 0) is 62.8 Å². The Kier molecular flexibility index (Phi) is 4.70. The SMILES string of the molecule is O=C(NC1CC1)c1cccc(NC(=O)c2cc(C3CC3)nc3c2nc2n3CCCCC2)c1. The van der Waals surface area contributed by atoms with Crippen LogP contribution in [0.2, 0.25) is 0 Å². The van der Waals surface area contributed by atoms with Crippen LogP contribution in [0.25, 0.3) is 11.2 Å². The first kappa shape index (κ1) is 19.5. The molecular formula is C25H27N5O2. The predicted octanol–water partition coefficient (Wildman–Crippen LogP) is 4.18. The third kappa shape index (κ3) is 3.76. The number of aryl methyl sites for hydroxylation is 2. The van der Waals surface area contributed by atoms with E-state index in [1.807, 2.05) is 12.1 Å². The van der Waals surface area contributed by atoms with Crippen LogP contribution in [0.15, 0.2) is 30.3 Å². The first-order valence-corrected chi connectivity index (χ1v) is 11.8. The molecule has 0 spiro atoms. The number of hydrogen-bond donors (Lipinski definition) is 2. The number of aromatic nitrogens is 3. The quantitative estimate of drug-likeness (QED) is 0.637. The van der Waals surface area contributed by atoms with Crippen LogP contribution in [0.1, 0.15) is 83.1 Å². The number of fused-ring (bicyclic) bond motifs is 3. The summed E-state index contributed by atoms with van der Waals surface area (Å²) in [5, 5.41) is 5.99. The summed E-state index contributed by atoms with van der Waals surface area (Å²) in [4.78, 5) is 35.6. The lowest BCUT2D eigenvalue weighted by atomic mass is 10.1. The summed E-state index contributed by atoms with van der Waals surface area (Å²) in [5.41, 5.74) is 4.26. The van der Waals surface area contributed by atoms with Crippen LogP contribution in [-0.4, -0.2) is 32.4 Å². The molecule has 2 aliphatic carbocycles. The van der Waals surface area contributed by atoms with Gasteiger partial charge in [0.05, 0.1) is 5.56 Å². The first-order valence-electron chi connectivity index (χ1n) is 11.8. The number of pyridine rings is 1. The Bertz CT molecular complexity index is 1220. The van der Waals surface area contributed by atoms with Crippen LogP contribution in [0.3, 0.4) is 0 Å². The van der Waals surface area contributed by atoms with E-state index in [0.717, 1.165) is 68.7 Å². The van der Waals surface area contributed by atoms with Crippen LogP contribution in [0, 0.1) is 0 Å². The van der Waals surface area contributed by atoms with Gasteiger partial charge in [0.15, 0.2) is 5.65 Å². The topological polar surface area (TPSA) is 88.9 Å². The largest absolute Gasteiger partial charge is 0.349 e. The molecule has 32 heavy (non-hydrogen) atoms. The number of nitrogens with one attached hydrogen (secondary N) is 2. The maximum atomic E-state index is 13.4. The van der Waals surface area contributed by atoms with Gasteiger partial charge in [0.25, 0.3) is 11.8 Å². The summed E-state index contributed by atoms with van der Waals surface area (Å²) in [7, 11) is 0. The van der Waals surface area contributed by atoms with Crippen LogP contribution >= 0.6 is 0 Å². The van der Waals surface area contributed by atoms with E-state index in [1.54, 1.807) is 18.2 Å². The highest BCUT2D eigenvalue weighted by molar-refractivity contribution is 6.11. The molecule has 164 valence electrons. The van der Waals surface area contributed by atoms with E-state index in [-0.39, 0.29) is 11.8 Å². The van der Waals surface area contributed by atoms with Crippen molar-refractivity contribution in [1.82, 2.24) is 19.9 Å². The normalized spacial score (nSPS) is 18.1. The highest BCUT2D eigenvalue weighted by atomic mass is 16.2. The maximum absolute atomic E-state index is 13.4. The number of amides is 2. The second-order valence-corrected chi connectivity index (χ2v) is 9.31. The molecular weight excluding hydrogens is 402 g/mol. The standard InChI is InChI=1S/C25H27N5O2/c31-24(26-17-10-11-17)16-5-4-6-18(13-16)27-25(32)19-14-20(15-8-9-15)28-23-22(19)29-21-7-2-1-3-12-30(21)23/h4-6,13-15,17H,1-3,7-12H2,(H,26,31)(H,27,32). The van der Waals surface area contributed by atoms with E-state index in [1.165, 1.54) is 6.42 Å². The van der Waals surface area contributed by atoms with Crippen molar-refractivity contribution in [3.05, 3.63) is 53.0 Å². The van der Waals surface area contributed by atoms with E-state index < -0.39 is 0 Å². The number of hydrogen-bond acceptors (Lipinski definition) is 4. The molecule has 6 rings (SSSR count). The van der Waals surface area contributed by atoms with Crippen molar-refractivity contribution in [2.24, 2.45) is 0 Å². The summed E-state index contributed by atoms with van der Waals surface area (Å²) >= 11 is 0. The Morgan fingerprint density at radius 3 is 2.66 bits per heavy atom. The minimum atomic E-state index is -0.202. The lowest BCUT2D eigenvalue weighted by Crippen LogP contribution is -2.25. The van der Waals surface area contributed by atoms with Gasteiger partial charge in [0.2, 0.25) is 0 Å². The fourth-order valence-electron chi connectivity index (χ4n) is 4.50. The number of carbonyl (C=O) groups is 2. The molecule has 2 aromatic heterocycles. The minimum absolute atomic E-state index is 0.0937. The zero-order chi connectivity index (χ0) is 21.7. The highest BCUT2D eigenvalue weighted by Gasteiger charge is 2.29. The van der Waals surface area contributed by atoms with Gasteiger partial charge in [-0.25, -0.2) is 9.97 Å². The van der Waals surface area contributed by atoms with E-state index >= 15 is 0 Å². The first-order chi connectivity index (χ1) is 15.7. The average molecular weight is 430 g/mol. The molecule has 3 aromatic rings. The molecule has 7 nitrogen and oxygen atoms in total. The number of carbonyl (C=O) groups excluding carboxylic acids is 2. The zero-order valence-electron chi connectivity index (χ0n) is 18.1. The molecule has 7 heteroatoms. The molecule has 0 unspecified atom stereocenters. The molecule has 0 saturated heterocycles. The zero-order valence-corrected chi connectivity index (χ0v) is 18.1. The Labute approximate surface area is 186 Å². The van der Waals surface area contributed by atoms with Gasteiger partial charge in [0, 0.05) is 41.9 Å². The van der Waals surface area contributed by atoms with Crippen molar-refractivity contribution < 1.29 is 9.59 Å². The number of rotatable bonds is 5. The fraction of sp³-hybridized carbons (Fsp3) is 0.440. The summed E-state index contributed by atoms with van der Waals surface area (Å²) in [6.07, 6.45) is 8.69. The van der Waals surface area contributed by atoms with E-state index in [2.05, 4.69) is 15.2 Å². The average Bonchev–Trinajstić information content (AvgIpc) is 3.70. The summed E-state index contributed by atoms with van der Waals surface area (Å²) in [6.45, 7) is 0.909. The Hall–Kier alpha value is -3.22. The van der Waals surface area contributed by atoms with E-state index in [4.69, 9.17) is 9.97 Å². The van der Waals surface area contributed by atoms with Crippen molar-refractivity contribution in [2.45, 2.75) is 69.9 Å². The number of nitrogens with zero attached hydrogens (tertiary/aromatic N) is 3. The summed E-state index contributed by atoms with van der Waals surface area (Å²) < 4.78 is 2.22. The molecule has 0 radical (unpaired) electrons. The van der Waals surface area contributed by atoms with Gasteiger partial charge in [-0.2, -0.15) is 0 Å². The minimum Gasteiger partial charge on any atom is -0.349 e. The Morgan fingerprint density at radius 2 is 1.84 bits per heavy atom. The van der Waals surface area contributed by atoms with Crippen molar-refractivity contribution in [1.29, 1.82) is 0 Å². The maximum Gasteiger partial charge on any atom is 0.258 e. The molecule has 3 heterocycles. The Balaban J connectivity index is 1.33. The van der Waals surface area contributed by atoms with Gasteiger partial charge in [-0.15, -0.1) is 0 Å². The van der Waals surface area contributed by atoms with Crippen molar-refractivity contribution in [3.8, 4) is 0 Å². The van der Waals surface area contributed by atoms with Gasteiger partial charge in [-0.3, -0.25) is 9.59 Å². The predicted molar refractivity (Wildman–Crippen MR) is 122 cm³/mol. The molecule has 2 saturated carbocycles. The molecule has 2 fully saturated rings. The van der Waals surface area contributed by atoms with Crippen molar-refractivity contribution in [3.63, 3.8) is 0 Å². The third-order valence-electron chi connectivity index (χ3n) is 6.62. The third-order valence-corrected chi connectivity index (χ3v) is 6.62. The smallest absolute Gasteiger partial charge is 0.258 e. The number of imidazole rings is 1. The lowest BCUT2D eigenvalue weighted by Gasteiger charge is -2.10.